The highest BCUT2D eigenvalue weighted by Crippen LogP contribution is 2.33. The van der Waals surface area contributed by atoms with Gasteiger partial charge >= 0.3 is 12.2 Å². The van der Waals surface area contributed by atoms with E-state index < -0.39 is 18.1 Å². The fourth-order valence-corrected chi connectivity index (χ4v) is 2.37. The Balaban J connectivity index is 2.03. The lowest BCUT2D eigenvalue weighted by Crippen LogP contribution is -2.46. The quantitative estimate of drug-likeness (QED) is 0.908. The van der Waals surface area contributed by atoms with Crippen molar-refractivity contribution in [2.24, 2.45) is 5.92 Å². The van der Waals surface area contributed by atoms with Gasteiger partial charge in [-0.3, -0.25) is 0 Å². The van der Waals surface area contributed by atoms with Crippen LogP contribution in [-0.4, -0.2) is 37.3 Å². The van der Waals surface area contributed by atoms with E-state index in [0.29, 0.717) is 24.4 Å². The highest BCUT2D eigenvalue weighted by Gasteiger charge is 2.42. The molecule has 1 atom stereocenters. The van der Waals surface area contributed by atoms with Crippen molar-refractivity contribution in [2.45, 2.75) is 19.0 Å². The van der Waals surface area contributed by atoms with Crippen LogP contribution in [0.15, 0.2) is 24.3 Å². The largest absolute Gasteiger partial charge is 0.495 e. The lowest BCUT2D eigenvalue weighted by Gasteiger charge is -2.33. The first-order valence-corrected chi connectivity index (χ1v) is 6.67. The zero-order valence-electron chi connectivity index (χ0n) is 11.6. The molecular weight excluding hydrogens is 285 g/mol. The van der Waals surface area contributed by atoms with Gasteiger partial charge in [0.05, 0.1) is 18.7 Å². The minimum Gasteiger partial charge on any atom is -0.495 e. The monoisotopic (exact) mass is 302 g/mol. The Morgan fingerprint density at radius 2 is 2.10 bits per heavy atom. The summed E-state index contributed by atoms with van der Waals surface area (Å²) in [6.07, 6.45) is -3.84. The normalized spacial score (nSPS) is 19.2. The lowest BCUT2D eigenvalue weighted by molar-refractivity contribution is -0.183. The Morgan fingerprint density at radius 1 is 1.38 bits per heavy atom. The second kappa shape index (κ2) is 6.24. The Morgan fingerprint density at radius 3 is 2.76 bits per heavy atom. The van der Waals surface area contributed by atoms with Gasteiger partial charge in [0, 0.05) is 13.1 Å². The molecule has 1 aromatic carbocycles. The average molecular weight is 302 g/mol. The molecule has 1 heterocycles. The predicted molar refractivity (Wildman–Crippen MR) is 72.4 cm³/mol. The maximum atomic E-state index is 12.7. The molecule has 1 aliphatic heterocycles. The molecule has 1 fully saturated rings. The van der Waals surface area contributed by atoms with Crippen LogP contribution >= 0.6 is 0 Å². The number of carbonyl (C=O) groups is 1. The first-order chi connectivity index (χ1) is 9.91. The smallest absolute Gasteiger partial charge is 0.393 e. The van der Waals surface area contributed by atoms with E-state index in [-0.39, 0.29) is 13.0 Å². The second-order valence-corrected chi connectivity index (χ2v) is 4.96. The number of methoxy groups -OCH3 is 1. The topological polar surface area (TPSA) is 41.6 Å². The van der Waals surface area contributed by atoms with Gasteiger partial charge in [-0.25, -0.2) is 4.79 Å². The molecule has 0 saturated carbocycles. The number of amides is 2. The van der Waals surface area contributed by atoms with Crippen LogP contribution in [0, 0.1) is 5.92 Å². The number of likely N-dealkylation sites (tertiary alicyclic amines) is 1. The van der Waals surface area contributed by atoms with Crippen LogP contribution in [0.2, 0.25) is 0 Å². The summed E-state index contributed by atoms with van der Waals surface area (Å²) >= 11 is 0. The first kappa shape index (κ1) is 15.5. The van der Waals surface area contributed by atoms with Crippen molar-refractivity contribution >= 4 is 11.7 Å². The first-order valence-electron chi connectivity index (χ1n) is 6.67. The number of rotatable bonds is 2. The predicted octanol–water partition coefficient (Wildman–Crippen LogP) is 3.50. The summed E-state index contributed by atoms with van der Waals surface area (Å²) in [4.78, 5) is 13.3. The molecular formula is C14H17F3N2O2. The van der Waals surface area contributed by atoms with Gasteiger partial charge < -0.3 is 15.0 Å². The molecule has 0 bridgehead atoms. The minimum atomic E-state index is -4.26. The number of para-hydroxylation sites is 2. The standard InChI is InChI=1S/C14H17F3N2O2/c1-21-12-7-3-2-6-11(12)18-13(20)19-8-4-5-10(9-19)14(15,16)17/h2-3,6-7,10H,4-5,8-9H2,1H3,(H,18,20). The van der Waals surface area contributed by atoms with Crippen molar-refractivity contribution in [1.29, 1.82) is 0 Å². The Bertz CT molecular complexity index is 505. The highest BCUT2D eigenvalue weighted by molar-refractivity contribution is 5.91. The SMILES string of the molecule is COc1ccccc1NC(=O)N1CCCC(C(F)(F)F)C1. The number of piperidine rings is 1. The second-order valence-electron chi connectivity index (χ2n) is 4.96. The number of nitrogens with one attached hydrogen (secondary N) is 1. The van der Waals surface area contributed by atoms with Crippen LogP contribution in [0.25, 0.3) is 0 Å². The van der Waals surface area contributed by atoms with E-state index in [1.807, 2.05) is 0 Å². The summed E-state index contributed by atoms with van der Waals surface area (Å²) in [7, 11) is 1.46. The van der Waals surface area contributed by atoms with Gasteiger partial charge in [-0.05, 0) is 25.0 Å². The molecule has 116 valence electrons. The van der Waals surface area contributed by atoms with Crippen molar-refractivity contribution in [3.05, 3.63) is 24.3 Å². The number of ether oxygens (including phenoxy) is 1. The Labute approximate surface area is 120 Å². The molecule has 21 heavy (non-hydrogen) atoms. The molecule has 2 amide bonds. The summed E-state index contributed by atoms with van der Waals surface area (Å²) in [5, 5.41) is 2.60. The van der Waals surface area contributed by atoms with Gasteiger partial charge in [0.15, 0.2) is 0 Å². The molecule has 1 aliphatic rings. The number of halogens is 3. The number of benzene rings is 1. The molecule has 0 radical (unpaired) electrons. The molecule has 1 N–H and O–H groups in total. The molecule has 1 aromatic rings. The molecule has 0 aromatic heterocycles. The van der Waals surface area contributed by atoms with Gasteiger partial charge in [-0.15, -0.1) is 0 Å². The Kier molecular flexibility index (Phi) is 4.59. The minimum absolute atomic E-state index is 0.0714. The fraction of sp³-hybridized carbons (Fsp3) is 0.500. The number of nitrogens with zero attached hydrogens (tertiary/aromatic N) is 1. The van der Waals surface area contributed by atoms with Crippen LogP contribution in [-0.2, 0) is 0 Å². The van der Waals surface area contributed by atoms with Gasteiger partial charge in [-0.2, -0.15) is 13.2 Å². The van der Waals surface area contributed by atoms with E-state index in [9.17, 15) is 18.0 Å². The molecule has 1 unspecified atom stereocenters. The van der Waals surface area contributed by atoms with Gasteiger partial charge in [0.25, 0.3) is 0 Å². The maximum Gasteiger partial charge on any atom is 0.393 e. The third kappa shape index (κ3) is 3.80. The van der Waals surface area contributed by atoms with E-state index in [1.54, 1.807) is 24.3 Å². The molecule has 2 rings (SSSR count). The highest BCUT2D eigenvalue weighted by atomic mass is 19.4. The van der Waals surface area contributed by atoms with E-state index in [2.05, 4.69) is 5.32 Å². The van der Waals surface area contributed by atoms with Gasteiger partial charge in [0.2, 0.25) is 0 Å². The zero-order chi connectivity index (χ0) is 15.5. The van der Waals surface area contributed by atoms with Crippen molar-refractivity contribution in [1.82, 2.24) is 4.90 Å². The third-order valence-corrected chi connectivity index (χ3v) is 3.52. The number of urea groups is 1. The molecule has 0 spiro atoms. The Hall–Kier alpha value is -1.92. The van der Waals surface area contributed by atoms with Crippen LogP contribution in [0.3, 0.4) is 0 Å². The van der Waals surface area contributed by atoms with E-state index in [1.165, 1.54) is 12.0 Å². The number of hydrogen-bond donors (Lipinski definition) is 1. The molecule has 4 nitrogen and oxygen atoms in total. The maximum absolute atomic E-state index is 12.7. The summed E-state index contributed by atoms with van der Waals surface area (Å²) in [5.41, 5.74) is 0.444. The van der Waals surface area contributed by atoms with Crippen LogP contribution in [0.1, 0.15) is 12.8 Å². The van der Waals surface area contributed by atoms with E-state index in [0.717, 1.165) is 0 Å². The average Bonchev–Trinajstić information content (AvgIpc) is 2.47. The number of anilines is 1. The van der Waals surface area contributed by atoms with Gasteiger partial charge in [0.1, 0.15) is 5.75 Å². The van der Waals surface area contributed by atoms with Crippen LogP contribution in [0.5, 0.6) is 5.75 Å². The summed E-state index contributed by atoms with van der Waals surface area (Å²) in [5.74, 6) is -0.982. The van der Waals surface area contributed by atoms with Crippen molar-refractivity contribution in [3.8, 4) is 5.75 Å². The molecule has 0 aliphatic carbocycles. The van der Waals surface area contributed by atoms with Crippen LogP contribution in [0.4, 0.5) is 23.7 Å². The van der Waals surface area contributed by atoms with Crippen LogP contribution < -0.4 is 10.1 Å². The zero-order valence-corrected chi connectivity index (χ0v) is 11.6. The van der Waals surface area contributed by atoms with Crippen molar-refractivity contribution in [3.63, 3.8) is 0 Å². The fourth-order valence-electron chi connectivity index (χ4n) is 2.37. The van der Waals surface area contributed by atoms with E-state index >= 15 is 0 Å². The number of carbonyl (C=O) groups excluding carboxylic acids is 1. The van der Waals surface area contributed by atoms with Crippen molar-refractivity contribution < 1.29 is 22.7 Å². The lowest BCUT2D eigenvalue weighted by atomic mass is 9.98. The summed E-state index contributed by atoms with van der Waals surface area (Å²) < 4.78 is 43.3. The number of alkyl halides is 3. The molecule has 7 heteroatoms. The summed E-state index contributed by atoms with van der Waals surface area (Å²) in [6.45, 7) is 0.0258. The van der Waals surface area contributed by atoms with Crippen molar-refractivity contribution in [2.75, 3.05) is 25.5 Å². The third-order valence-electron chi connectivity index (χ3n) is 3.52. The van der Waals surface area contributed by atoms with E-state index in [4.69, 9.17) is 4.74 Å². The molecule has 1 saturated heterocycles. The van der Waals surface area contributed by atoms with Gasteiger partial charge in [-0.1, -0.05) is 12.1 Å². The number of hydrogen-bond acceptors (Lipinski definition) is 2. The summed E-state index contributed by atoms with van der Waals surface area (Å²) in [6, 6.07) is 6.24.